The molecule has 0 fully saturated rings. The van der Waals surface area contributed by atoms with Crippen LogP contribution in [0.15, 0.2) is 54.7 Å². The molecule has 0 radical (unpaired) electrons. The molecule has 0 saturated heterocycles. The number of nitrogens with one attached hydrogen (secondary N) is 2. The van der Waals surface area contributed by atoms with Crippen molar-refractivity contribution >= 4 is 45.3 Å². The Balaban J connectivity index is 1.56. The van der Waals surface area contributed by atoms with Gasteiger partial charge in [-0.2, -0.15) is 8.42 Å². The van der Waals surface area contributed by atoms with Crippen LogP contribution in [0.2, 0.25) is 5.02 Å². The van der Waals surface area contributed by atoms with Gasteiger partial charge in [-0.15, -0.1) is 0 Å². The Kier molecular flexibility index (Phi) is 8.21. The molecule has 4 rings (SSSR count). The Hall–Kier alpha value is -3.97. The molecule has 2 N–H and O–H groups in total. The number of carbonyl (C=O) groups is 2. The number of hydrogen-bond donors (Lipinski definition) is 2. The van der Waals surface area contributed by atoms with Crippen LogP contribution >= 0.6 is 11.6 Å². The molecule has 2 aromatic carbocycles. The zero-order chi connectivity index (χ0) is 28.3. The first-order valence-corrected chi connectivity index (χ1v) is 13.4. The molecule has 2 heterocycles. The van der Waals surface area contributed by atoms with E-state index in [1.807, 2.05) is 4.72 Å². The molecule has 0 saturated carbocycles. The lowest BCUT2D eigenvalue weighted by Crippen LogP contribution is -2.54. The minimum absolute atomic E-state index is 0.000183. The number of nitrogens with zero attached hydrogens (tertiary/aromatic N) is 3. The van der Waals surface area contributed by atoms with E-state index in [0.29, 0.717) is 34.5 Å². The maximum Gasteiger partial charge on any atom is 0.330 e. The summed E-state index contributed by atoms with van der Waals surface area (Å²) in [6, 6.07) is 8.07. The molecule has 0 unspecified atom stereocenters. The van der Waals surface area contributed by atoms with Gasteiger partial charge in [-0.1, -0.05) is 11.6 Å². The van der Waals surface area contributed by atoms with E-state index in [4.69, 9.17) is 16.3 Å². The molecule has 1 aromatic heterocycles. The van der Waals surface area contributed by atoms with Gasteiger partial charge >= 0.3 is 16.2 Å². The average molecular weight is 580 g/mol. The van der Waals surface area contributed by atoms with Gasteiger partial charge < -0.3 is 15.0 Å². The number of amides is 3. The molecule has 14 heteroatoms. The number of urea groups is 1. The Morgan fingerprint density at radius 1 is 1.15 bits per heavy atom. The lowest BCUT2D eigenvalue weighted by atomic mass is 10.0. The predicted molar refractivity (Wildman–Crippen MR) is 141 cm³/mol. The summed E-state index contributed by atoms with van der Waals surface area (Å²) in [7, 11) is -1.51. The predicted octanol–water partition coefficient (Wildman–Crippen LogP) is 3.20. The molecule has 206 valence electrons. The fourth-order valence-corrected chi connectivity index (χ4v) is 5.50. The minimum Gasteiger partial charge on any atom is -0.497 e. The average Bonchev–Trinajstić information content (AvgIpc) is 3.33. The van der Waals surface area contributed by atoms with Crippen molar-refractivity contribution in [2.75, 3.05) is 29.9 Å². The molecule has 3 amide bonds. The third-order valence-corrected chi connectivity index (χ3v) is 7.78. The Morgan fingerprint density at radius 2 is 1.82 bits per heavy atom. The van der Waals surface area contributed by atoms with Crippen LogP contribution in [0.5, 0.6) is 5.75 Å². The molecular weight excluding hydrogens is 556 g/mol. The van der Waals surface area contributed by atoms with Gasteiger partial charge in [-0.25, -0.2) is 27.6 Å². The second-order valence-electron chi connectivity index (χ2n) is 8.63. The third kappa shape index (κ3) is 6.37. The number of benzene rings is 2. The van der Waals surface area contributed by atoms with E-state index in [-0.39, 0.29) is 24.3 Å². The molecule has 10 nitrogen and oxygen atoms in total. The van der Waals surface area contributed by atoms with Gasteiger partial charge in [0.05, 0.1) is 7.11 Å². The maximum absolute atomic E-state index is 13.8. The molecule has 1 aliphatic heterocycles. The van der Waals surface area contributed by atoms with Crippen LogP contribution < -0.4 is 24.0 Å². The van der Waals surface area contributed by atoms with Crippen molar-refractivity contribution in [3.8, 4) is 5.75 Å². The number of anilines is 2. The van der Waals surface area contributed by atoms with Crippen molar-refractivity contribution in [2.24, 2.45) is 0 Å². The molecule has 39 heavy (non-hydrogen) atoms. The zero-order valence-corrected chi connectivity index (χ0v) is 22.4. The number of carbonyl (C=O) groups excluding carboxylic acids is 2. The van der Waals surface area contributed by atoms with E-state index < -0.39 is 39.8 Å². The summed E-state index contributed by atoms with van der Waals surface area (Å²) < 4.78 is 61.6. The van der Waals surface area contributed by atoms with E-state index in [0.717, 1.165) is 16.4 Å². The number of ether oxygens (including phenoxy) is 1. The van der Waals surface area contributed by atoms with Crippen molar-refractivity contribution < 1.29 is 31.5 Å². The lowest BCUT2D eigenvalue weighted by molar-refractivity contribution is -0.120. The Morgan fingerprint density at radius 3 is 2.46 bits per heavy atom. The van der Waals surface area contributed by atoms with Gasteiger partial charge in [0.2, 0.25) is 5.91 Å². The second-order valence-corrected chi connectivity index (χ2v) is 10.6. The van der Waals surface area contributed by atoms with Gasteiger partial charge in [-0.05, 0) is 54.4 Å². The van der Waals surface area contributed by atoms with Crippen molar-refractivity contribution in [3.05, 3.63) is 82.5 Å². The number of pyridine rings is 1. The Labute approximate surface area is 228 Å². The van der Waals surface area contributed by atoms with E-state index in [1.165, 1.54) is 31.3 Å². The number of aromatic nitrogens is 1. The fraction of sp³-hybridized carbons (Fsp3) is 0.240. The highest BCUT2D eigenvalue weighted by Gasteiger charge is 2.34. The maximum atomic E-state index is 13.8. The summed E-state index contributed by atoms with van der Waals surface area (Å²) in [5, 5.41) is 2.67. The number of hydrogen-bond acceptors (Lipinski definition) is 6. The largest absolute Gasteiger partial charge is 0.497 e. The number of methoxy groups -OCH3 is 1. The van der Waals surface area contributed by atoms with Crippen molar-refractivity contribution in [1.29, 1.82) is 0 Å². The van der Waals surface area contributed by atoms with Crippen LogP contribution in [-0.4, -0.2) is 52.1 Å². The highest BCUT2D eigenvalue weighted by Crippen LogP contribution is 2.32. The monoisotopic (exact) mass is 579 g/mol. The van der Waals surface area contributed by atoms with E-state index in [2.05, 4.69) is 10.3 Å². The van der Waals surface area contributed by atoms with Crippen molar-refractivity contribution in [1.82, 2.24) is 15.0 Å². The van der Waals surface area contributed by atoms with Crippen LogP contribution in [0, 0.1) is 11.6 Å². The molecule has 0 aliphatic carbocycles. The van der Waals surface area contributed by atoms with Crippen molar-refractivity contribution in [3.63, 3.8) is 0 Å². The first kappa shape index (κ1) is 28.0. The van der Waals surface area contributed by atoms with Crippen LogP contribution in [0.25, 0.3) is 0 Å². The first-order valence-electron chi connectivity index (χ1n) is 11.6. The molecular formula is C25H24ClF2N5O5S. The van der Waals surface area contributed by atoms with Crippen LogP contribution in [0.4, 0.5) is 25.1 Å². The number of halogens is 3. The molecule has 0 bridgehead atoms. The van der Waals surface area contributed by atoms with Gasteiger partial charge in [0.15, 0.2) is 0 Å². The quantitative estimate of drug-likeness (QED) is 0.423. The topological polar surface area (TPSA) is 121 Å². The number of rotatable bonds is 8. The number of likely N-dealkylation sites (N-methyl/N-ethyl adjacent to an activating group) is 1. The van der Waals surface area contributed by atoms with Gasteiger partial charge in [0.25, 0.3) is 0 Å². The van der Waals surface area contributed by atoms with E-state index in [1.54, 1.807) is 24.3 Å². The van der Waals surface area contributed by atoms with Crippen LogP contribution in [0.3, 0.4) is 0 Å². The standard InChI is InChI=1S/C25H24ClF2N5O5S/c1-32(18-3-5-19(38-2)6-4-18)24(34)22(13-15-11-16(27)14-17(28)12-15)30-25(35)31-39(36,37)33-10-8-20-21(26)7-9-29-23(20)33/h3-7,9,11-12,14,22H,8,10,13H2,1-2H3,(H2,30,31,35)/t22-/m0/s1. The van der Waals surface area contributed by atoms with E-state index >= 15 is 0 Å². The summed E-state index contributed by atoms with van der Waals surface area (Å²) >= 11 is 6.13. The fourth-order valence-electron chi connectivity index (χ4n) is 4.15. The highest BCUT2D eigenvalue weighted by molar-refractivity contribution is 7.91. The molecule has 0 spiro atoms. The summed E-state index contributed by atoms with van der Waals surface area (Å²) in [5.74, 6) is -1.77. The summed E-state index contributed by atoms with van der Waals surface area (Å²) in [6.07, 6.45) is 1.31. The minimum atomic E-state index is -4.44. The smallest absolute Gasteiger partial charge is 0.330 e. The normalized spacial score (nSPS) is 13.4. The zero-order valence-electron chi connectivity index (χ0n) is 20.8. The number of fused-ring (bicyclic) bond motifs is 1. The summed E-state index contributed by atoms with van der Waals surface area (Å²) in [5.41, 5.74) is 1.03. The first-order chi connectivity index (χ1) is 18.5. The Bertz CT molecular complexity index is 1490. The molecule has 1 aliphatic rings. The second kappa shape index (κ2) is 11.4. The molecule has 3 aromatic rings. The van der Waals surface area contributed by atoms with Crippen LogP contribution in [-0.2, 0) is 27.8 Å². The van der Waals surface area contributed by atoms with Crippen molar-refractivity contribution in [2.45, 2.75) is 18.9 Å². The van der Waals surface area contributed by atoms with Gasteiger partial charge in [0.1, 0.15) is 29.2 Å². The lowest BCUT2D eigenvalue weighted by Gasteiger charge is -2.26. The van der Waals surface area contributed by atoms with E-state index in [9.17, 15) is 26.8 Å². The highest BCUT2D eigenvalue weighted by atomic mass is 35.5. The van der Waals surface area contributed by atoms with Crippen LogP contribution in [0.1, 0.15) is 11.1 Å². The van der Waals surface area contributed by atoms with Gasteiger partial charge in [-0.3, -0.25) is 4.79 Å². The summed E-state index contributed by atoms with van der Waals surface area (Å²) in [6.45, 7) is -0.000183. The third-order valence-electron chi connectivity index (χ3n) is 6.04. The summed E-state index contributed by atoms with van der Waals surface area (Å²) in [4.78, 5) is 31.6. The molecule has 1 atom stereocenters. The van der Waals surface area contributed by atoms with Gasteiger partial charge in [0, 0.05) is 48.5 Å². The SMILES string of the molecule is COc1ccc(N(C)C(=O)[C@H](Cc2cc(F)cc(F)c2)NC(=O)NS(=O)(=O)N2CCc3c(Cl)ccnc32)cc1.